The Kier molecular flexibility index (Phi) is 3.44. The highest BCUT2D eigenvalue weighted by Crippen LogP contribution is 2.19. The van der Waals surface area contributed by atoms with E-state index in [1.165, 1.54) is 6.92 Å². The molecule has 20 heavy (non-hydrogen) atoms. The first-order valence-electron chi connectivity index (χ1n) is 6.16. The molecule has 2 rings (SSSR count). The number of pyridine rings is 1. The normalized spacial score (nSPS) is 12.4. The Morgan fingerprint density at radius 3 is 2.60 bits per heavy atom. The van der Waals surface area contributed by atoms with E-state index < -0.39 is 17.9 Å². The van der Waals surface area contributed by atoms with Gasteiger partial charge in [-0.1, -0.05) is 0 Å². The van der Waals surface area contributed by atoms with Crippen molar-refractivity contribution < 1.29 is 14.7 Å². The number of carbonyl (C=O) groups is 2. The largest absolute Gasteiger partial charge is 0.480 e. The van der Waals surface area contributed by atoms with Crippen LogP contribution in [0.5, 0.6) is 0 Å². The third-order valence-corrected chi connectivity index (χ3v) is 3.15. The van der Waals surface area contributed by atoms with E-state index in [9.17, 15) is 9.59 Å². The zero-order chi connectivity index (χ0) is 15.0. The van der Waals surface area contributed by atoms with Gasteiger partial charge in [-0.15, -0.1) is 0 Å². The smallest absolute Gasteiger partial charge is 0.325 e. The minimum atomic E-state index is -1.08. The van der Waals surface area contributed by atoms with Gasteiger partial charge in [-0.3, -0.25) is 14.3 Å². The molecule has 1 amide bonds. The standard InChI is InChI=1S/C13H16N4O3/c1-6-10(12(18)15-8(3)13(19)20)5-9-7(2)16-17(4)11(9)14-6/h5,8H,1-4H3,(H,15,18)(H,19,20)/t8-/m1/s1. The molecule has 1 atom stereocenters. The maximum absolute atomic E-state index is 12.1. The van der Waals surface area contributed by atoms with Crippen LogP contribution in [-0.2, 0) is 11.8 Å². The average molecular weight is 276 g/mol. The zero-order valence-corrected chi connectivity index (χ0v) is 11.8. The molecule has 2 heterocycles. The van der Waals surface area contributed by atoms with Crippen LogP contribution in [0.2, 0.25) is 0 Å². The number of carboxylic acids is 1. The number of hydrogen-bond donors (Lipinski definition) is 2. The Balaban J connectivity index is 2.44. The maximum Gasteiger partial charge on any atom is 0.325 e. The minimum absolute atomic E-state index is 0.363. The highest BCUT2D eigenvalue weighted by atomic mass is 16.4. The molecular weight excluding hydrogens is 260 g/mol. The van der Waals surface area contributed by atoms with Crippen LogP contribution in [0.1, 0.15) is 28.7 Å². The van der Waals surface area contributed by atoms with Crippen LogP contribution < -0.4 is 5.32 Å². The van der Waals surface area contributed by atoms with Gasteiger partial charge in [-0.05, 0) is 26.8 Å². The quantitative estimate of drug-likeness (QED) is 0.863. The summed E-state index contributed by atoms with van der Waals surface area (Å²) in [5.41, 5.74) is 2.37. The first-order chi connectivity index (χ1) is 9.31. The molecule has 7 heteroatoms. The summed E-state index contributed by atoms with van der Waals surface area (Å²) in [7, 11) is 1.79. The maximum atomic E-state index is 12.1. The Hall–Kier alpha value is -2.44. The summed E-state index contributed by atoms with van der Waals surface area (Å²) in [5, 5.41) is 16.3. The van der Waals surface area contributed by atoms with Gasteiger partial charge in [-0.25, -0.2) is 4.98 Å². The molecule has 2 aromatic rings. The van der Waals surface area contributed by atoms with Crippen molar-refractivity contribution in [3.8, 4) is 0 Å². The van der Waals surface area contributed by atoms with Gasteiger partial charge in [0.2, 0.25) is 0 Å². The van der Waals surface area contributed by atoms with Crippen LogP contribution in [0, 0.1) is 13.8 Å². The number of rotatable bonds is 3. The molecule has 106 valence electrons. The van der Waals surface area contributed by atoms with Crippen molar-refractivity contribution in [1.82, 2.24) is 20.1 Å². The lowest BCUT2D eigenvalue weighted by Crippen LogP contribution is -2.38. The van der Waals surface area contributed by atoms with E-state index in [2.05, 4.69) is 15.4 Å². The lowest BCUT2D eigenvalue weighted by atomic mass is 10.1. The molecular formula is C13H16N4O3. The van der Waals surface area contributed by atoms with E-state index in [0.717, 1.165) is 11.1 Å². The van der Waals surface area contributed by atoms with Crippen LogP contribution in [0.25, 0.3) is 11.0 Å². The average Bonchev–Trinajstić information content (AvgIpc) is 2.63. The number of fused-ring (bicyclic) bond motifs is 1. The number of nitrogens with one attached hydrogen (secondary N) is 1. The van der Waals surface area contributed by atoms with E-state index in [1.807, 2.05) is 6.92 Å². The van der Waals surface area contributed by atoms with Crippen molar-refractivity contribution in [1.29, 1.82) is 0 Å². The van der Waals surface area contributed by atoms with Crippen LogP contribution in [0.3, 0.4) is 0 Å². The van der Waals surface area contributed by atoms with E-state index in [0.29, 0.717) is 16.9 Å². The summed E-state index contributed by atoms with van der Waals surface area (Å²) < 4.78 is 1.65. The Morgan fingerprint density at radius 2 is 2.00 bits per heavy atom. The van der Waals surface area contributed by atoms with Gasteiger partial charge in [0.25, 0.3) is 5.91 Å². The van der Waals surface area contributed by atoms with Gasteiger partial charge >= 0.3 is 5.97 Å². The summed E-state index contributed by atoms with van der Waals surface area (Å²) in [6, 6.07) is 0.747. The number of aryl methyl sites for hydroxylation is 3. The summed E-state index contributed by atoms with van der Waals surface area (Å²) >= 11 is 0. The van der Waals surface area contributed by atoms with Gasteiger partial charge in [0.1, 0.15) is 6.04 Å². The van der Waals surface area contributed by atoms with Gasteiger partial charge in [-0.2, -0.15) is 5.10 Å². The van der Waals surface area contributed by atoms with Gasteiger partial charge in [0.15, 0.2) is 5.65 Å². The fraction of sp³-hybridized carbons (Fsp3) is 0.385. The molecule has 0 aromatic carbocycles. The Labute approximate surface area is 115 Å². The second kappa shape index (κ2) is 4.92. The molecule has 0 bridgehead atoms. The van der Waals surface area contributed by atoms with Crippen molar-refractivity contribution in [2.45, 2.75) is 26.8 Å². The van der Waals surface area contributed by atoms with E-state index in [-0.39, 0.29) is 0 Å². The Bertz CT molecular complexity index is 705. The molecule has 7 nitrogen and oxygen atoms in total. The number of amides is 1. The molecule has 0 saturated heterocycles. The summed E-state index contributed by atoms with van der Waals surface area (Å²) in [5.74, 6) is -1.53. The number of carbonyl (C=O) groups excluding carboxylic acids is 1. The third kappa shape index (κ3) is 2.34. The highest BCUT2D eigenvalue weighted by molar-refractivity contribution is 6.00. The summed E-state index contributed by atoms with van der Waals surface area (Å²) in [6.07, 6.45) is 0. The van der Waals surface area contributed by atoms with E-state index in [4.69, 9.17) is 5.11 Å². The SMILES string of the molecule is Cc1nc2c(cc1C(=O)N[C@H](C)C(=O)O)c(C)nn2C. The molecule has 0 saturated carbocycles. The second-order valence-electron chi connectivity index (χ2n) is 4.73. The number of nitrogens with zero attached hydrogens (tertiary/aromatic N) is 3. The lowest BCUT2D eigenvalue weighted by Gasteiger charge is -2.11. The first kappa shape index (κ1) is 14.0. The van der Waals surface area contributed by atoms with Crippen LogP contribution in [-0.4, -0.2) is 37.8 Å². The first-order valence-corrected chi connectivity index (χ1v) is 6.16. The fourth-order valence-electron chi connectivity index (χ4n) is 2.00. The number of carboxylic acid groups (broad SMARTS) is 1. The van der Waals surface area contributed by atoms with Crippen molar-refractivity contribution >= 4 is 22.9 Å². The van der Waals surface area contributed by atoms with Crippen LogP contribution in [0.15, 0.2) is 6.07 Å². The Morgan fingerprint density at radius 1 is 1.35 bits per heavy atom. The molecule has 2 aromatic heterocycles. The van der Waals surface area contributed by atoms with Gasteiger partial charge in [0.05, 0.1) is 17.0 Å². The molecule has 0 aliphatic rings. The zero-order valence-electron chi connectivity index (χ0n) is 11.8. The van der Waals surface area contributed by atoms with Gasteiger partial charge < -0.3 is 10.4 Å². The second-order valence-corrected chi connectivity index (χ2v) is 4.73. The predicted octanol–water partition coefficient (Wildman–Crippen LogP) is 0.788. The molecule has 0 unspecified atom stereocenters. The van der Waals surface area contributed by atoms with Crippen molar-refractivity contribution in [3.05, 3.63) is 23.0 Å². The van der Waals surface area contributed by atoms with Gasteiger partial charge in [0, 0.05) is 12.4 Å². The van der Waals surface area contributed by atoms with E-state index >= 15 is 0 Å². The van der Waals surface area contributed by atoms with Crippen molar-refractivity contribution in [2.24, 2.45) is 7.05 Å². The topological polar surface area (TPSA) is 97.1 Å². The van der Waals surface area contributed by atoms with Crippen LogP contribution >= 0.6 is 0 Å². The molecule has 0 radical (unpaired) electrons. The van der Waals surface area contributed by atoms with Crippen LogP contribution in [0.4, 0.5) is 0 Å². The van der Waals surface area contributed by atoms with Crippen molar-refractivity contribution in [2.75, 3.05) is 0 Å². The molecule has 0 aliphatic carbocycles. The predicted molar refractivity (Wildman–Crippen MR) is 72.5 cm³/mol. The molecule has 0 aliphatic heterocycles. The van der Waals surface area contributed by atoms with Crippen molar-refractivity contribution in [3.63, 3.8) is 0 Å². The fourth-order valence-corrected chi connectivity index (χ4v) is 2.00. The number of aliphatic carboxylic acids is 1. The molecule has 2 N–H and O–H groups in total. The molecule has 0 spiro atoms. The summed E-state index contributed by atoms with van der Waals surface area (Å²) in [6.45, 7) is 4.96. The number of aromatic nitrogens is 3. The third-order valence-electron chi connectivity index (χ3n) is 3.15. The number of hydrogen-bond acceptors (Lipinski definition) is 4. The minimum Gasteiger partial charge on any atom is -0.480 e. The summed E-state index contributed by atoms with van der Waals surface area (Å²) in [4.78, 5) is 27.2. The molecule has 0 fully saturated rings. The lowest BCUT2D eigenvalue weighted by molar-refractivity contribution is -0.138. The highest BCUT2D eigenvalue weighted by Gasteiger charge is 2.19. The monoisotopic (exact) mass is 276 g/mol. The van der Waals surface area contributed by atoms with E-state index in [1.54, 1.807) is 24.7 Å².